The topological polar surface area (TPSA) is 74.6 Å². The molecule has 1 aromatic carbocycles. The van der Waals surface area contributed by atoms with E-state index in [1.807, 2.05) is 43.5 Å². The predicted molar refractivity (Wildman–Crippen MR) is 100 cm³/mol. The summed E-state index contributed by atoms with van der Waals surface area (Å²) in [5.74, 6) is -0.376. The number of hydrogen-bond acceptors (Lipinski definition) is 3. The third kappa shape index (κ3) is 6.29. The molecule has 1 heterocycles. The molecule has 0 fully saturated rings. The largest absolute Gasteiger partial charge is 0.406 e. The SMILES string of the molecule is CN=C(NCC(=O)N(C)CC(F)(F)F)NC(C)c1cccc(-n2cccn2)c1. The van der Waals surface area contributed by atoms with Crippen molar-refractivity contribution in [1.82, 2.24) is 25.3 Å². The molecule has 28 heavy (non-hydrogen) atoms. The van der Waals surface area contributed by atoms with Gasteiger partial charge in [0.2, 0.25) is 5.91 Å². The lowest BCUT2D eigenvalue weighted by Gasteiger charge is -2.21. The van der Waals surface area contributed by atoms with E-state index in [1.165, 1.54) is 7.05 Å². The predicted octanol–water partition coefficient (Wildman–Crippen LogP) is 2.12. The van der Waals surface area contributed by atoms with Gasteiger partial charge < -0.3 is 15.5 Å². The second-order valence-electron chi connectivity index (χ2n) is 6.20. The van der Waals surface area contributed by atoms with Crippen molar-refractivity contribution in [2.45, 2.75) is 19.1 Å². The highest BCUT2D eigenvalue weighted by atomic mass is 19.4. The molecule has 2 aromatic rings. The molecule has 2 rings (SSSR count). The van der Waals surface area contributed by atoms with Crippen LogP contribution in [0.1, 0.15) is 18.5 Å². The second kappa shape index (κ2) is 9.25. The molecular weight excluding hydrogens is 373 g/mol. The number of nitrogens with one attached hydrogen (secondary N) is 2. The minimum Gasteiger partial charge on any atom is -0.350 e. The van der Waals surface area contributed by atoms with Crippen LogP contribution in [0.25, 0.3) is 5.69 Å². The van der Waals surface area contributed by atoms with Crippen LogP contribution in [0, 0.1) is 0 Å². The van der Waals surface area contributed by atoms with Crippen molar-refractivity contribution in [2.24, 2.45) is 4.99 Å². The first kappa shape index (κ1) is 21.3. The van der Waals surface area contributed by atoms with Crippen molar-refractivity contribution in [2.75, 3.05) is 27.2 Å². The first-order valence-electron chi connectivity index (χ1n) is 8.57. The van der Waals surface area contributed by atoms with Crippen molar-refractivity contribution in [3.63, 3.8) is 0 Å². The molecule has 1 amide bonds. The summed E-state index contributed by atoms with van der Waals surface area (Å²) in [4.78, 5) is 16.5. The zero-order chi connectivity index (χ0) is 20.7. The number of rotatable bonds is 6. The number of amides is 1. The van der Waals surface area contributed by atoms with Crippen LogP contribution in [0.3, 0.4) is 0 Å². The summed E-state index contributed by atoms with van der Waals surface area (Å²) >= 11 is 0. The zero-order valence-corrected chi connectivity index (χ0v) is 15.9. The molecule has 152 valence electrons. The smallest absolute Gasteiger partial charge is 0.350 e. The molecule has 2 N–H and O–H groups in total. The maximum Gasteiger partial charge on any atom is 0.406 e. The summed E-state index contributed by atoms with van der Waals surface area (Å²) in [6.45, 7) is 0.315. The number of hydrogen-bond donors (Lipinski definition) is 2. The van der Waals surface area contributed by atoms with Crippen LogP contribution in [0.2, 0.25) is 0 Å². The summed E-state index contributed by atoms with van der Waals surface area (Å²) in [6, 6.07) is 9.37. The highest BCUT2D eigenvalue weighted by molar-refractivity contribution is 5.86. The number of aromatic nitrogens is 2. The fourth-order valence-electron chi connectivity index (χ4n) is 2.49. The Morgan fingerprint density at radius 2 is 2.11 bits per heavy atom. The Kier molecular flexibility index (Phi) is 7.02. The average molecular weight is 396 g/mol. The van der Waals surface area contributed by atoms with Crippen LogP contribution < -0.4 is 10.6 Å². The Hall–Kier alpha value is -3.04. The van der Waals surface area contributed by atoms with E-state index in [-0.39, 0.29) is 12.6 Å². The van der Waals surface area contributed by atoms with Crippen LogP contribution >= 0.6 is 0 Å². The van der Waals surface area contributed by atoms with Gasteiger partial charge in [0, 0.05) is 26.5 Å². The molecule has 1 atom stereocenters. The number of nitrogens with zero attached hydrogens (tertiary/aromatic N) is 4. The van der Waals surface area contributed by atoms with Crippen molar-refractivity contribution < 1.29 is 18.0 Å². The van der Waals surface area contributed by atoms with E-state index >= 15 is 0 Å². The van der Waals surface area contributed by atoms with Gasteiger partial charge in [-0.1, -0.05) is 12.1 Å². The Bertz CT molecular complexity index is 804. The van der Waals surface area contributed by atoms with Crippen molar-refractivity contribution in [3.05, 3.63) is 48.3 Å². The van der Waals surface area contributed by atoms with Gasteiger partial charge >= 0.3 is 6.18 Å². The fourth-order valence-corrected chi connectivity index (χ4v) is 2.49. The first-order valence-corrected chi connectivity index (χ1v) is 8.57. The maximum atomic E-state index is 12.4. The Morgan fingerprint density at radius 3 is 2.71 bits per heavy atom. The normalized spacial score (nSPS) is 13.1. The molecule has 1 aromatic heterocycles. The molecule has 10 heteroatoms. The third-order valence-electron chi connectivity index (χ3n) is 3.97. The van der Waals surface area contributed by atoms with Crippen molar-refractivity contribution in [1.29, 1.82) is 0 Å². The van der Waals surface area contributed by atoms with Crippen LogP contribution in [0.5, 0.6) is 0 Å². The van der Waals surface area contributed by atoms with E-state index in [0.29, 0.717) is 10.9 Å². The average Bonchev–Trinajstić information content (AvgIpc) is 3.18. The van der Waals surface area contributed by atoms with Gasteiger partial charge in [-0.05, 0) is 30.7 Å². The van der Waals surface area contributed by atoms with Gasteiger partial charge in [0.25, 0.3) is 0 Å². The van der Waals surface area contributed by atoms with E-state index in [1.54, 1.807) is 10.9 Å². The van der Waals surface area contributed by atoms with E-state index in [2.05, 4.69) is 20.7 Å². The van der Waals surface area contributed by atoms with Crippen LogP contribution in [0.15, 0.2) is 47.7 Å². The molecule has 0 bridgehead atoms. The Labute approximate surface area is 161 Å². The number of alkyl halides is 3. The molecular formula is C18H23F3N6O. The number of likely N-dealkylation sites (N-methyl/N-ethyl adjacent to an activating group) is 1. The molecule has 0 radical (unpaired) electrons. The van der Waals surface area contributed by atoms with Gasteiger partial charge in [0.05, 0.1) is 18.3 Å². The summed E-state index contributed by atoms with van der Waals surface area (Å²) in [6.07, 6.45) is -0.911. The zero-order valence-electron chi connectivity index (χ0n) is 15.9. The maximum absolute atomic E-state index is 12.4. The minimum absolute atomic E-state index is 0.162. The fraction of sp³-hybridized carbons (Fsp3) is 0.389. The lowest BCUT2D eigenvalue weighted by molar-refractivity contribution is -0.157. The molecule has 0 aliphatic rings. The summed E-state index contributed by atoms with van der Waals surface area (Å²) < 4.78 is 38.8. The van der Waals surface area contributed by atoms with E-state index in [0.717, 1.165) is 18.3 Å². The monoisotopic (exact) mass is 396 g/mol. The molecule has 0 aliphatic carbocycles. The van der Waals surface area contributed by atoms with Gasteiger partial charge in [-0.2, -0.15) is 18.3 Å². The van der Waals surface area contributed by atoms with Crippen LogP contribution in [0.4, 0.5) is 13.2 Å². The van der Waals surface area contributed by atoms with Gasteiger partial charge in [-0.25, -0.2) is 4.68 Å². The highest BCUT2D eigenvalue weighted by Gasteiger charge is 2.31. The number of halogens is 3. The van der Waals surface area contributed by atoms with Crippen molar-refractivity contribution >= 4 is 11.9 Å². The highest BCUT2D eigenvalue weighted by Crippen LogP contribution is 2.17. The van der Waals surface area contributed by atoms with E-state index in [9.17, 15) is 18.0 Å². The molecule has 0 saturated carbocycles. The second-order valence-corrected chi connectivity index (χ2v) is 6.20. The number of carbonyl (C=O) groups is 1. The van der Waals surface area contributed by atoms with Crippen LogP contribution in [-0.4, -0.2) is 59.9 Å². The Morgan fingerprint density at radius 1 is 1.36 bits per heavy atom. The van der Waals surface area contributed by atoms with E-state index < -0.39 is 18.6 Å². The third-order valence-corrected chi connectivity index (χ3v) is 3.97. The lowest BCUT2D eigenvalue weighted by atomic mass is 10.1. The summed E-state index contributed by atoms with van der Waals surface area (Å²) in [5, 5.41) is 10.0. The molecule has 0 spiro atoms. The molecule has 0 aliphatic heterocycles. The number of benzene rings is 1. The molecule has 7 nitrogen and oxygen atoms in total. The van der Waals surface area contributed by atoms with Gasteiger partial charge in [0.1, 0.15) is 6.54 Å². The number of guanidine groups is 1. The number of aliphatic imine (C=N–C) groups is 1. The summed E-state index contributed by atoms with van der Waals surface area (Å²) in [7, 11) is 2.63. The first-order chi connectivity index (χ1) is 13.2. The molecule has 1 unspecified atom stereocenters. The van der Waals surface area contributed by atoms with E-state index in [4.69, 9.17) is 0 Å². The van der Waals surface area contributed by atoms with Gasteiger partial charge in [0.15, 0.2) is 5.96 Å². The Balaban J connectivity index is 1.94. The quantitative estimate of drug-likeness (QED) is 0.580. The van der Waals surface area contributed by atoms with Crippen LogP contribution in [-0.2, 0) is 4.79 Å². The lowest BCUT2D eigenvalue weighted by Crippen LogP contribution is -2.46. The standard InChI is InChI=1S/C18H23F3N6O/c1-13(14-6-4-7-15(10-14)27-9-5-8-24-27)25-17(22-2)23-11-16(28)26(3)12-18(19,20)21/h4-10,13H,11-12H2,1-3H3,(H2,22,23,25). The van der Waals surface area contributed by atoms with Gasteiger partial charge in [-0.3, -0.25) is 9.79 Å². The van der Waals surface area contributed by atoms with Gasteiger partial charge in [-0.15, -0.1) is 0 Å². The molecule has 0 saturated heterocycles. The van der Waals surface area contributed by atoms with Crippen molar-refractivity contribution in [3.8, 4) is 5.69 Å². The summed E-state index contributed by atoms with van der Waals surface area (Å²) in [5.41, 5.74) is 1.85. The minimum atomic E-state index is -4.43. The number of carbonyl (C=O) groups excluding carboxylic acids is 1.